The largest absolute Gasteiger partial charge is 0.384 e. The topological polar surface area (TPSA) is 49.3 Å². The van der Waals surface area contributed by atoms with E-state index in [1.54, 1.807) is 49.4 Å². The first-order valence-corrected chi connectivity index (χ1v) is 7.59. The summed E-state index contributed by atoms with van der Waals surface area (Å²) in [5.41, 5.74) is -0.138. The van der Waals surface area contributed by atoms with Crippen molar-refractivity contribution in [3.05, 3.63) is 69.2 Å². The van der Waals surface area contributed by atoms with Crippen molar-refractivity contribution in [2.75, 3.05) is 6.54 Å². The van der Waals surface area contributed by atoms with Crippen LogP contribution in [0.5, 0.6) is 0 Å². The number of aliphatic hydroxyl groups is 1. The van der Waals surface area contributed by atoms with E-state index in [1.807, 2.05) is 6.07 Å². The van der Waals surface area contributed by atoms with E-state index in [9.17, 15) is 9.90 Å². The number of hydrogen-bond acceptors (Lipinski definition) is 2. The molecule has 2 N–H and O–H groups in total. The van der Waals surface area contributed by atoms with Gasteiger partial charge in [0.2, 0.25) is 0 Å². The van der Waals surface area contributed by atoms with Gasteiger partial charge in [-0.15, -0.1) is 0 Å². The average molecular weight is 369 g/mol. The second-order valence-electron chi connectivity index (χ2n) is 4.92. The zero-order valence-corrected chi connectivity index (χ0v) is 13.8. The zero-order valence-electron chi connectivity index (χ0n) is 11.4. The summed E-state index contributed by atoms with van der Waals surface area (Å²) in [6.07, 6.45) is 0. The maximum atomic E-state index is 12.1. The molecular formula is C16H15BrClNO2. The fraction of sp³-hybridized carbons (Fsp3) is 0.188. The van der Waals surface area contributed by atoms with Crippen LogP contribution in [0, 0.1) is 0 Å². The molecule has 1 amide bonds. The first-order chi connectivity index (χ1) is 9.92. The van der Waals surface area contributed by atoms with Crippen LogP contribution in [-0.4, -0.2) is 17.6 Å². The first-order valence-electron chi connectivity index (χ1n) is 6.42. The van der Waals surface area contributed by atoms with E-state index in [1.165, 1.54) is 0 Å². The van der Waals surface area contributed by atoms with Crippen molar-refractivity contribution in [1.29, 1.82) is 0 Å². The fourth-order valence-electron chi connectivity index (χ4n) is 1.99. The van der Waals surface area contributed by atoms with Gasteiger partial charge in [0.05, 0.1) is 12.1 Å². The molecule has 2 aromatic carbocycles. The van der Waals surface area contributed by atoms with Crippen molar-refractivity contribution in [2.24, 2.45) is 0 Å². The highest BCUT2D eigenvalue weighted by atomic mass is 79.9. The molecule has 0 aliphatic heterocycles. The second-order valence-corrected chi connectivity index (χ2v) is 6.18. The number of benzene rings is 2. The van der Waals surface area contributed by atoms with Crippen molar-refractivity contribution in [1.82, 2.24) is 5.32 Å². The van der Waals surface area contributed by atoms with Gasteiger partial charge < -0.3 is 10.4 Å². The van der Waals surface area contributed by atoms with Crippen molar-refractivity contribution >= 4 is 33.4 Å². The van der Waals surface area contributed by atoms with E-state index >= 15 is 0 Å². The van der Waals surface area contributed by atoms with E-state index in [-0.39, 0.29) is 12.5 Å². The Morgan fingerprint density at radius 3 is 2.52 bits per heavy atom. The van der Waals surface area contributed by atoms with Gasteiger partial charge in [0.25, 0.3) is 5.91 Å². The molecule has 3 nitrogen and oxygen atoms in total. The zero-order chi connectivity index (χ0) is 15.5. The summed E-state index contributed by atoms with van der Waals surface area (Å²) in [5.74, 6) is -0.255. The first kappa shape index (κ1) is 16.0. The number of rotatable bonds is 4. The standard InChI is InChI=1S/C16H15BrClNO2/c1-16(21,12-7-3-5-9-14(12)18)10-19-15(20)11-6-2-4-8-13(11)17/h2-9,21H,10H2,1H3,(H,19,20)/t16-/m1/s1. The average Bonchev–Trinajstić information content (AvgIpc) is 2.45. The Bertz CT molecular complexity index is 658. The van der Waals surface area contributed by atoms with Crippen LogP contribution in [-0.2, 0) is 5.60 Å². The highest BCUT2D eigenvalue weighted by molar-refractivity contribution is 9.10. The lowest BCUT2D eigenvalue weighted by molar-refractivity contribution is 0.0527. The van der Waals surface area contributed by atoms with Crippen LogP contribution in [0.2, 0.25) is 5.02 Å². The molecule has 0 aliphatic carbocycles. The number of halogens is 2. The van der Waals surface area contributed by atoms with Gasteiger partial charge in [-0.1, -0.05) is 41.9 Å². The molecule has 0 saturated heterocycles. The van der Waals surface area contributed by atoms with Gasteiger partial charge in [0.1, 0.15) is 5.60 Å². The van der Waals surface area contributed by atoms with Gasteiger partial charge in [-0.2, -0.15) is 0 Å². The van der Waals surface area contributed by atoms with Gasteiger partial charge >= 0.3 is 0 Å². The second kappa shape index (κ2) is 6.60. The Morgan fingerprint density at radius 2 is 1.86 bits per heavy atom. The monoisotopic (exact) mass is 367 g/mol. The number of carbonyl (C=O) groups excluding carboxylic acids is 1. The minimum Gasteiger partial charge on any atom is -0.384 e. The van der Waals surface area contributed by atoms with Crippen LogP contribution < -0.4 is 5.32 Å². The highest BCUT2D eigenvalue weighted by Crippen LogP contribution is 2.27. The predicted octanol–water partition coefficient (Wildman–Crippen LogP) is 3.74. The smallest absolute Gasteiger partial charge is 0.252 e. The van der Waals surface area contributed by atoms with Crippen LogP contribution in [0.3, 0.4) is 0 Å². The molecule has 1 atom stereocenters. The normalized spacial score (nSPS) is 13.5. The Morgan fingerprint density at radius 1 is 1.24 bits per heavy atom. The maximum absolute atomic E-state index is 12.1. The summed E-state index contributed by atoms with van der Waals surface area (Å²) in [6, 6.07) is 14.2. The summed E-state index contributed by atoms with van der Waals surface area (Å²) in [6.45, 7) is 1.69. The van der Waals surface area contributed by atoms with E-state index < -0.39 is 5.60 Å². The third kappa shape index (κ3) is 3.84. The van der Waals surface area contributed by atoms with Crippen LogP contribution in [0.15, 0.2) is 53.0 Å². The van der Waals surface area contributed by atoms with Gasteiger partial charge in [-0.3, -0.25) is 4.79 Å². The Hall–Kier alpha value is -1.36. The lowest BCUT2D eigenvalue weighted by Crippen LogP contribution is -2.38. The Kier molecular flexibility index (Phi) is 5.04. The van der Waals surface area contributed by atoms with E-state index in [2.05, 4.69) is 21.2 Å². The molecule has 2 aromatic rings. The highest BCUT2D eigenvalue weighted by Gasteiger charge is 2.26. The molecule has 0 heterocycles. The van der Waals surface area contributed by atoms with Gasteiger partial charge in [0.15, 0.2) is 0 Å². The molecule has 110 valence electrons. The third-order valence-electron chi connectivity index (χ3n) is 3.17. The summed E-state index contributed by atoms with van der Waals surface area (Å²) in [7, 11) is 0. The van der Waals surface area contributed by atoms with Crippen LogP contribution in [0.1, 0.15) is 22.8 Å². The Labute approximate surface area is 137 Å². The molecule has 0 fully saturated rings. The van der Waals surface area contributed by atoms with Crippen LogP contribution in [0.25, 0.3) is 0 Å². The quantitative estimate of drug-likeness (QED) is 0.863. The predicted molar refractivity (Wildman–Crippen MR) is 87.5 cm³/mol. The molecule has 5 heteroatoms. The van der Waals surface area contributed by atoms with E-state index in [0.29, 0.717) is 20.6 Å². The number of hydrogen-bond donors (Lipinski definition) is 2. The molecular weight excluding hydrogens is 354 g/mol. The number of amides is 1. The van der Waals surface area contributed by atoms with Crippen molar-refractivity contribution < 1.29 is 9.90 Å². The third-order valence-corrected chi connectivity index (χ3v) is 4.19. The molecule has 0 spiro atoms. The van der Waals surface area contributed by atoms with E-state index in [0.717, 1.165) is 0 Å². The molecule has 0 bridgehead atoms. The van der Waals surface area contributed by atoms with Gasteiger partial charge in [-0.05, 0) is 41.1 Å². The minimum atomic E-state index is -1.24. The molecule has 21 heavy (non-hydrogen) atoms. The lowest BCUT2D eigenvalue weighted by Gasteiger charge is -2.25. The lowest BCUT2D eigenvalue weighted by atomic mass is 9.96. The molecule has 0 aromatic heterocycles. The summed E-state index contributed by atoms with van der Waals surface area (Å²) in [4.78, 5) is 12.1. The molecule has 2 rings (SSSR count). The van der Waals surface area contributed by atoms with Crippen molar-refractivity contribution in [3.63, 3.8) is 0 Å². The Balaban J connectivity index is 2.11. The fourth-order valence-corrected chi connectivity index (χ4v) is 2.79. The van der Waals surface area contributed by atoms with Crippen LogP contribution in [0.4, 0.5) is 0 Å². The maximum Gasteiger partial charge on any atom is 0.252 e. The van der Waals surface area contributed by atoms with Crippen LogP contribution >= 0.6 is 27.5 Å². The number of nitrogens with one attached hydrogen (secondary N) is 1. The van der Waals surface area contributed by atoms with Crippen molar-refractivity contribution in [2.45, 2.75) is 12.5 Å². The molecule has 0 unspecified atom stereocenters. The van der Waals surface area contributed by atoms with Gasteiger partial charge in [-0.25, -0.2) is 0 Å². The molecule has 0 radical (unpaired) electrons. The molecule has 0 aliphatic rings. The summed E-state index contributed by atoms with van der Waals surface area (Å²) < 4.78 is 0.708. The van der Waals surface area contributed by atoms with E-state index in [4.69, 9.17) is 11.6 Å². The summed E-state index contributed by atoms with van der Waals surface area (Å²) in [5, 5.41) is 13.7. The SMILES string of the molecule is C[C@@](O)(CNC(=O)c1ccccc1Br)c1ccccc1Cl. The minimum absolute atomic E-state index is 0.0664. The number of carbonyl (C=O) groups is 1. The summed E-state index contributed by atoms with van der Waals surface area (Å²) >= 11 is 9.42. The van der Waals surface area contributed by atoms with Crippen molar-refractivity contribution in [3.8, 4) is 0 Å². The van der Waals surface area contributed by atoms with Gasteiger partial charge in [0, 0.05) is 15.1 Å². The molecule has 0 saturated carbocycles.